The summed E-state index contributed by atoms with van der Waals surface area (Å²) in [6.45, 7) is 2.97. The van der Waals surface area contributed by atoms with Crippen LogP contribution in [-0.4, -0.2) is 6.54 Å². The van der Waals surface area contributed by atoms with E-state index in [4.69, 9.17) is 5.73 Å². The van der Waals surface area contributed by atoms with Crippen molar-refractivity contribution in [3.63, 3.8) is 0 Å². The predicted octanol–water partition coefficient (Wildman–Crippen LogP) is 4.06. The van der Waals surface area contributed by atoms with Gasteiger partial charge in [0.2, 0.25) is 0 Å². The van der Waals surface area contributed by atoms with E-state index in [0.717, 1.165) is 28.8 Å². The molecule has 0 aliphatic heterocycles. The third-order valence-corrected chi connectivity index (χ3v) is 4.27. The summed E-state index contributed by atoms with van der Waals surface area (Å²) in [5, 5.41) is 5.49. The quantitative estimate of drug-likeness (QED) is 0.836. The van der Waals surface area contributed by atoms with Crippen LogP contribution >= 0.6 is 27.3 Å². The number of hydrogen-bond acceptors (Lipinski definition) is 3. The first kappa shape index (κ1) is 12.5. The summed E-state index contributed by atoms with van der Waals surface area (Å²) in [5.74, 6) is 0. The highest BCUT2D eigenvalue weighted by atomic mass is 79.9. The van der Waals surface area contributed by atoms with Gasteiger partial charge in [0.05, 0.1) is 11.4 Å². The second-order valence-electron chi connectivity index (χ2n) is 4.00. The van der Waals surface area contributed by atoms with Gasteiger partial charge in [0.25, 0.3) is 0 Å². The summed E-state index contributed by atoms with van der Waals surface area (Å²) in [6.07, 6.45) is 1.02. The number of nitrogens with one attached hydrogen (secondary N) is 1. The molecule has 0 amide bonds. The van der Waals surface area contributed by atoms with Gasteiger partial charge in [-0.1, -0.05) is 6.07 Å². The lowest BCUT2D eigenvalue weighted by atomic mass is 10.2. The van der Waals surface area contributed by atoms with Gasteiger partial charge in [-0.3, -0.25) is 0 Å². The minimum Gasteiger partial charge on any atom is -0.397 e. The van der Waals surface area contributed by atoms with Crippen LogP contribution in [0.5, 0.6) is 0 Å². The SMILES string of the molecule is Cc1ccc(N)c(NCCc2cc(Br)cs2)c1. The molecular formula is C13H15BrN2S. The zero-order valence-corrected chi connectivity index (χ0v) is 12.1. The van der Waals surface area contributed by atoms with E-state index in [9.17, 15) is 0 Å². The summed E-state index contributed by atoms with van der Waals surface area (Å²) in [5.41, 5.74) is 8.97. The molecule has 1 aromatic heterocycles. The van der Waals surface area contributed by atoms with E-state index in [1.54, 1.807) is 11.3 Å². The third kappa shape index (κ3) is 3.48. The van der Waals surface area contributed by atoms with Crippen LogP contribution in [0.4, 0.5) is 11.4 Å². The zero-order chi connectivity index (χ0) is 12.3. The molecule has 1 heterocycles. The molecule has 0 radical (unpaired) electrons. The Morgan fingerprint density at radius 3 is 2.88 bits per heavy atom. The third-order valence-electron chi connectivity index (χ3n) is 2.52. The fourth-order valence-corrected chi connectivity index (χ4v) is 3.08. The molecule has 2 rings (SSSR count). The topological polar surface area (TPSA) is 38.0 Å². The largest absolute Gasteiger partial charge is 0.397 e. The Hall–Kier alpha value is -1.000. The summed E-state index contributed by atoms with van der Waals surface area (Å²) in [6, 6.07) is 8.21. The molecule has 2 aromatic rings. The minimum absolute atomic E-state index is 0.808. The number of nitrogens with two attached hydrogens (primary N) is 1. The minimum atomic E-state index is 0.808. The predicted molar refractivity (Wildman–Crippen MR) is 79.8 cm³/mol. The van der Waals surface area contributed by atoms with Crippen molar-refractivity contribution < 1.29 is 0 Å². The molecule has 0 unspecified atom stereocenters. The molecule has 0 saturated heterocycles. The lowest BCUT2D eigenvalue weighted by Gasteiger charge is -2.09. The number of thiophene rings is 1. The van der Waals surface area contributed by atoms with Crippen molar-refractivity contribution in [3.8, 4) is 0 Å². The molecule has 0 atom stereocenters. The Labute approximate surface area is 114 Å². The standard InChI is InChI=1S/C13H15BrN2S/c1-9-2-3-12(15)13(6-9)16-5-4-11-7-10(14)8-17-11/h2-3,6-8,16H,4-5,15H2,1H3. The van der Waals surface area contributed by atoms with Gasteiger partial charge in [0.15, 0.2) is 0 Å². The van der Waals surface area contributed by atoms with Gasteiger partial charge in [-0.25, -0.2) is 0 Å². The van der Waals surface area contributed by atoms with Crippen molar-refractivity contribution in [2.75, 3.05) is 17.6 Å². The van der Waals surface area contributed by atoms with Gasteiger partial charge in [0, 0.05) is 21.3 Å². The summed E-state index contributed by atoms with van der Waals surface area (Å²) < 4.78 is 1.16. The molecule has 0 aliphatic rings. The van der Waals surface area contributed by atoms with Crippen molar-refractivity contribution in [1.29, 1.82) is 0 Å². The van der Waals surface area contributed by atoms with Crippen molar-refractivity contribution in [3.05, 3.63) is 44.6 Å². The average Bonchev–Trinajstić information content (AvgIpc) is 2.69. The lowest BCUT2D eigenvalue weighted by molar-refractivity contribution is 1.04. The Bertz CT molecular complexity index is 508. The molecule has 0 bridgehead atoms. The van der Waals surface area contributed by atoms with E-state index in [-0.39, 0.29) is 0 Å². The number of aryl methyl sites for hydroxylation is 1. The number of rotatable bonds is 4. The maximum Gasteiger partial charge on any atom is 0.0576 e. The van der Waals surface area contributed by atoms with E-state index >= 15 is 0 Å². The fraction of sp³-hybridized carbons (Fsp3) is 0.231. The van der Waals surface area contributed by atoms with E-state index in [2.05, 4.69) is 45.7 Å². The molecule has 2 nitrogen and oxygen atoms in total. The molecule has 17 heavy (non-hydrogen) atoms. The zero-order valence-electron chi connectivity index (χ0n) is 9.66. The van der Waals surface area contributed by atoms with Crippen molar-refractivity contribution >= 4 is 38.6 Å². The maximum absolute atomic E-state index is 5.91. The monoisotopic (exact) mass is 310 g/mol. The van der Waals surface area contributed by atoms with Crippen molar-refractivity contribution in [1.82, 2.24) is 0 Å². The fourth-order valence-electron chi connectivity index (χ4n) is 1.63. The second-order valence-corrected chi connectivity index (χ2v) is 5.91. The molecule has 3 N–H and O–H groups in total. The van der Waals surface area contributed by atoms with E-state index in [1.165, 1.54) is 10.4 Å². The van der Waals surface area contributed by atoms with Crippen LogP contribution in [0.3, 0.4) is 0 Å². The second kappa shape index (κ2) is 5.56. The molecule has 4 heteroatoms. The van der Waals surface area contributed by atoms with Crippen molar-refractivity contribution in [2.24, 2.45) is 0 Å². The number of halogens is 1. The first-order valence-electron chi connectivity index (χ1n) is 5.48. The van der Waals surface area contributed by atoms with Crippen LogP contribution in [0.15, 0.2) is 34.1 Å². The maximum atomic E-state index is 5.91. The van der Waals surface area contributed by atoms with Crippen LogP contribution in [0, 0.1) is 6.92 Å². The lowest BCUT2D eigenvalue weighted by Crippen LogP contribution is -2.06. The highest BCUT2D eigenvalue weighted by Crippen LogP contribution is 2.22. The molecule has 0 fully saturated rings. The van der Waals surface area contributed by atoms with Gasteiger partial charge < -0.3 is 11.1 Å². The van der Waals surface area contributed by atoms with Gasteiger partial charge in [-0.15, -0.1) is 11.3 Å². The Balaban J connectivity index is 1.91. The molecule has 0 saturated carbocycles. The van der Waals surface area contributed by atoms with E-state index in [0.29, 0.717) is 0 Å². The summed E-state index contributed by atoms with van der Waals surface area (Å²) in [4.78, 5) is 1.37. The molecule has 90 valence electrons. The van der Waals surface area contributed by atoms with Crippen LogP contribution in [0.2, 0.25) is 0 Å². The molecular weight excluding hydrogens is 296 g/mol. The Morgan fingerprint density at radius 2 is 2.18 bits per heavy atom. The van der Waals surface area contributed by atoms with Crippen LogP contribution in [-0.2, 0) is 6.42 Å². The van der Waals surface area contributed by atoms with E-state index < -0.39 is 0 Å². The normalized spacial score (nSPS) is 10.5. The number of benzene rings is 1. The van der Waals surface area contributed by atoms with Crippen LogP contribution in [0.1, 0.15) is 10.4 Å². The first-order valence-corrected chi connectivity index (χ1v) is 7.15. The molecule has 0 aliphatic carbocycles. The summed E-state index contributed by atoms with van der Waals surface area (Å²) in [7, 11) is 0. The summed E-state index contributed by atoms with van der Waals surface area (Å²) >= 11 is 5.23. The molecule has 0 spiro atoms. The average molecular weight is 311 g/mol. The van der Waals surface area contributed by atoms with Gasteiger partial charge in [0.1, 0.15) is 0 Å². The van der Waals surface area contributed by atoms with Gasteiger partial charge in [-0.05, 0) is 53.0 Å². The van der Waals surface area contributed by atoms with Gasteiger partial charge in [-0.2, -0.15) is 0 Å². The number of nitrogen functional groups attached to an aromatic ring is 1. The Morgan fingerprint density at radius 1 is 1.35 bits per heavy atom. The number of hydrogen-bond donors (Lipinski definition) is 2. The van der Waals surface area contributed by atoms with Gasteiger partial charge >= 0.3 is 0 Å². The van der Waals surface area contributed by atoms with Crippen LogP contribution in [0.25, 0.3) is 0 Å². The molecule has 1 aromatic carbocycles. The smallest absolute Gasteiger partial charge is 0.0576 e. The van der Waals surface area contributed by atoms with Crippen LogP contribution < -0.4 is 11.1 Å². The highest BCUT2D eigenvalue weighted by Gasteiger charge is 2.00. The highest BCUT2D eigenvalue weighted by molar-refractivity contribution is 9.10. The van der Waals surface area contributed by atoms with Crippen molar-refractivity contribution in [2.45, 2.75) is 13.3 Å². The van der Waals surface area contributed by atoms with E-state index in [1.807, 2.05) is 12.1 Å². The Kier molecular flexibility index (Phi) is 4.07. The number of anilines is 2. The first-order chi connectivity index (χ1) is 8.15.